The van der Waals surface area contributed by atoms with Crippen molar-refractivity contribution in [3.8, 4) is 0 Å². The molecular weight excluding hydrogens is 798 g/mol. The molecule has 1 unspecified atom stereocenters. The predicted octanol–water partition coefficient (Wildman–Crippen LogP) is 14.8. The number of phosphoric acid groups is 1. The molecule has 0 amide bonds. The molecule has 0 radical (unpaired) electrons. The van der Waals surface area contributed by atoms with Gasteiger partial charge in [0.1, 0.15) is 19.8 Å². The largest absolute Gasteiger partial charge is 0.472 e. The van der Waals surface area contributed by atoms with Crippen LogP contribution in [0.5, 0.6) is 0 Å². The zero-order valence-corrected chi connectivity index (χ0v) is 41.5. The van der Waals surface area contributed by atoms with E-state index in [2.05, 4.69) is 68.5 Å². The number of carbonyl (C=O) groups is 2. The lowest BCUT2D eigenvalue weighted by atomic mass is 10.0. The zero-order chi connectivity index (χ0) is 45.7. The Morgan fingerprint density at radius 3 is 1.35 bits per heavy atom. The van der Waals surface area contributed by atoms with Crippen LogP contribution in [-0.2, 0) is 32.7 Å². The van der Waals surface area contributed by atoms with Crippen molar-refractivity contribution < 1.29 is 42.1 Å². The Hall–Kier alpha value is -2.29. The van der Waals surface area contributed by atoms with E-state index in [4.69, 9.17) is 18.5 Å². The lowest BCUT2D eigenvalue weighted by Crippen LogP contribution is -2.37. The Kier molecular flexibility index (Phi) is 42.3. The second-order valence-electron chi connectivity index (χ2n) is 17.8. The van der Waals surface area contributed by atoms with Crippen LogP contribution in [-0.4, -0.2) is 74.9 Å². The number of unbranched alkanes of at least 4 members (excludes halogenated alkanes) is 21. The first kappa shape index (κ1) is 59.7. The van der Waals surface area contributed by atoms with E-state index in [1.165, 1.54) is 116 Å². The molecule has 10 heteroatoms. The normalized spacial score (nSPS) is 14.0. The lowest BCUT2D eigenvalue weighted by Gasteiger charge is -2.24. The Labute approximate surface area is 381 Å². The van der Waals surface area contributed by atoms with Crippen LogP contribution in [0.4, 0.5) is 0 Å². The van der Waals surface area contributed by atoms with Crippen molar-refractivity contribution >= 4 is 19.8 Å². The standard InChI is InChI=1S/C52H94NO8P/c1-6-8-10-12-14-16-18-20-22-24-25-26-27-29-30-32-34-36-38-40-42-44-51(54)58-48-50(49-60-62(56,57)59-47-46-53(3,4)5)61-52(55)45-43-41-39-37-35-33-31-28-23-21-19-17-15-13-11-9-7-2/h9,11,15,17,21,23,31,33,37,39,50H,6-8,10,12-14,16,18-20,22,24-30,32,34-36,38,40-49H2,1-5H3/p+1/b11-9+,17-15+,23-21+,33-31+,39-37+/t50-/m1/s1. The summed E-state index contributed by atoms with van der Waals surface area (Å²) in [6, 6.07) is 0. The fourth-order valence-corrected chi connectivity index (χ4v) is 7.44. The topological polar surface area (TPSA) is 108 Å². The van der Waals surface area contributed by atoms with Gasteiger partial charge < -0.3 is 18.9 Å². The average molecular weight is 893 g/mol. The second kappa shape index (κ2) is 43.9. The maximum absolute atomic E-state index is 12.7. The van der Waals surface area contributed by atoms with Crippen LogP contribution in [0.1, 0.15) is 206 Å². The molecule has 1 N–H and O–H groups in total. The van der Waals surface area contributed by atoms with Crippen LogP contribution in [0.2, 0.25) is 0 Å². The molecule has 62 heavy (non-hydrogen) atoms. The molecule has 0 spiro atoms. The van der Waals surface area contributed by atoms with Gasteiger partial charge in [-0.05, 0) is 51.4 Å². The molecule has 0 aliphatic carbocycles. The van der Waals surface area contributed by atoms with Gasteiger partial charge in [0, 0.05) is 12.8 Å². The van der Waals surface area contributed by atoms with Gasteiger partial charge in [-0.3, -0.25) is 18.6 Å². The molecule has 2 atom stereocenters. The van der Waals surface area contributed by atoms with Crippen molar-refractivity contribution in [2.45, 2.75) is 213 Å². The summed E-state index contributed by atoms with van der Waals surface area (Å²) in [4.78, 5) is 35.5. The maximum atomic E-state index is 12.7. The van der Waals surface area contributed by atoms with Crippen molar-refractivity contribution in [2.24, 2.45) is 0 Å². The number of hydrogen-bond acceptors (Lipinski definition) is 7. The number of ether oxygens (including phenoxy) is 2. The van der Waals surface area contributed by atoms with E-state index in [-0.39, 0.29) is 32.0 Å². The van der Waals surface area contributed by atoms with Crippen molar-refractivity contribution in [1.29, 1.82) is 0 Å². The molecule has 0 aromatic rings. The molecule has 9 nitrogen and oxygen atoms in total. The van der Waals surface area contributed by atoms with Crippen LogP contribution < -0.4 is 0 Å². The molecule has 0 aromatic heterocycles. The number of rotatable bonds is 45. The summed E-state index contributed by atoms with van der Waals surface area (Å²) in [7, 11) is 1.44. The van der Waals surface area contributed by atoms with Crippen LogP contribution in [0.15, 0.2) is 60.8 Å². The van der Waals surface area contributed by atoms with Gasteiger partial charge >= 0.3 is 19.8 Å². The molecular formula is C52H95NO8P+. The SMILES string of the molecule is CC/C=C/C/C=C/C/C=C/C/C=C/C/C=C/CCCC(=O)O[C@H](COC(=O)CCCCCCCCCCCCCCCCCCCCCCC)COP(=O)(O)OCC[N+](C)(C)C. The summed E-state index contributed by atoms with van der Waals surface area (Å²) in [5, 5.41) is 0. The third kappa shape index (κ3) is 47.2. The Morgan fingerprint density at radius 1 is 0.516 bits per heavy atom. The fraction of sp³-hybridized carbons (Fsp3) is 0.769. The number of likely N-dealkylation sites (N-methyl/N-ethyl adjacent to an activating group) is 1. The fourth-order valence-electron chi connectivity index (χ4n) is 6.70. The number of carbonyl (C=O) groups excluding carboxylic acids is 2. The van der Waals surface area contributed by atoms with E-state index < -0.39 is 26.5 Å². The maximum Gasteiger partial charge on any atom is 0.472 e. The van der Waals surface area contributed by atoms with Crippen molar-refractivity contribution in [1.82, 2.24) is 0 Å². The summed E-state index contributed by atoms with van der Waals surface area (Å²) in [5.74, 6) is -0.862. The van der Waals surface area contributed by atoms with Crippen LogP contribution >= 0.6 is 7.82 Å². The number of esters is 2. The minimum Gasteiger partial charge on any atom is -0.462 e. The van der Waals surface area contributed by atoms with Crippen molar-refractivity contribution in [2.75, 3.05) is 47.5 Å². The van der Waals surface area contributed by atoms with Gasteiger partial charge in [-0.2, -0.15) is 0 Å². The van der Waals surface area contributed by atoms with E-state index in [0.29, 0.717) is 23.9 Å². The highest BCUT2D eigenvalue weighted by Crippen LogP contribution is 2.43. The molecule has 0 bridgehead atoms. The first-order valence-corrected chi connectivity index (χ1v) is 26.5. The van der Waals surface area contributed by atoms with Gasteiger partial charge in [0.25, 0.3) is 0 Å². The summed E-state index contributed by atoms with van der Waals surface area (Å²) >= 11 is 0. The number of hydrogen-bond donors (Lipinski definition) is 1. The Morgan fingerprint density at radius 2 is 0.919 bits per heavy atom. The smallest absolute Gasteiger partial charge is 0.462 e. The quantitative estimate of drug-likeness (QED) is 0.0212. The number of quaternary nitrogens is 1. The van der Waals surface area contributed by atoms with E-state index in [1.54, 1.807) is 0 Å². The monoisotopic (exact) mass is 893 g/mol. The van der Waals surface area contributed by atoms with E-state index in [1.807, 2.05) is 27.2 Å². The highest BCUT2D eigenvalue weighted by atomic mass is 31.2. The highest BCUT2D eigenvalue weighted by molar-refractivity contribution is 7.47. The molecule has 0 rings (SSSR count). The summed E-state index contributed by atoms with van der Waals surface area (Å²) in [6.45, 7) is 4.26. The molecule has 0 heterocycles. The van der Waals surface area contributed by atoms with E-state index in [9.17, 15) is 19.0 Å². The zero-order valence-electron chi connectivity index (χ0n) is 40.6. The van der Waals surface area contributed by atoms with Crippen LogP contribution in [0.3, 0.4) is 0 Å². The molecule has 0 aliphatic heterocycles. The highest BCUT2D eigenvalue weighted by Gasteiger charge is 2.27. The van der Waals surface area contributed by atoms with Gasteiger partial charge in [0.05, 0.1) is 27.7 Å². The third-order valence-electron chi connectivity index (χ3n) is 10.6. The molecule has 0 fully saturated rings. The second-order valence-corrected chi connectivity index (χ2v) is 19.3. The van der Waals surface area contributed by atoms with Gasteiger partial charge in [0.15, 0.2) is 6.10 Å². The van der Waals surface area contributed by atoms with Gasteiger partial charge in [-0.25, -0.2) is 4.57 Å². The third-order valence-corrected chi connectivity index (χ3v) is 11.5. The number of allylic oxidation sites excluding steroid dienone is 10. The summed E-state index contributed by atoms with van der Waals surface area (Å²) in [6.07, 6.45) is 54.3. The minimum absolute atomic E-state index is 0.0199. The van der Waals surface area contributed by atoms with Crippen LogP contribution in [0.25, 0.3) is 0 Å². The predicted molar refractivity (Wildman–Crippen MR) is 261 cm³/mol. The summed E-state index contributed by atoms with van der Waals surface area (Å²) in [5.41, 5.74) is 0. The summed E-state index contributed by atoms with van der Waals surface area (Å²) < 4.78 is 34.3. The lowest BCUT2D eigenvalue weighted by molar-refractivity contribution is -0.870. The van der Waals surface area contributed by atoms with Gasteiger partial charge in [-0.1, -0.05) is 203 Å². The average Bonchev–Trinajstić information content (AvgIpc) is 3.23. The van der Waals surface area contributed by atoms with E-state index in [0.717, 1.165) is 51.4 Å². The molecule has 360 valence electrons. The molecule has 0 saturated carbocycles. The van der Waals surface area contributed by atoms with E-state index >= 15 is 0 Å². The first-order chi connectivity index (χ1) is 30.0. The molecule has 0 aliphatic rings. The number of nitrogens with zero attached hydrogens (tertiary/aromatic N) is 1. The van der Waals surface area contributed by atoms with Gasteiger partial charge in [-0.15, -0.1) is 0 Å². The Balaban J connectivity index is 4.31. The van der Waals surface area contributed by atoms with Crippen molar-refractivity contribution in [3.63, 3.8) is 0 Å². The Bertz CT molecular complexity index is 1240. The van der Waals surface area contributed by atoms with Gasteiger partial charge in [0.2, 0.25) is 0 Å². The molecule has 0 aromatic carbocycles. The molecule has 0 saturated heterocycles. The minimum atomic E-state index is -4.40. The first-order valence-electron chi connectivity index (χ1n) is 25.0. The van der Waals surface area contributed by atoms with Crippen LogP contribution in [0, 0.1) is 0 Å². The number of phosphoric ester groups is 1. The van der Waals surface area contributed by atoms with Crippen molar-refractivity contribution in [3.05, 3.63) is 60.8 Å².